The van der Waals surface area contributed by atoms with E-state index in [1.54, 1.807) is 0 Å². The minimum Gasteiger partial charge on any atom is -0.479 e. The van der Waals surface area contributed by atoms with Crippen LogP contribution in [0, 0.1) is 0 Å². The molecule has 0 amide bonds. The average molecular weight is 253 g/mol. The summed E-state index contributed by atoms with van der Waals surface area (Å²) < 4.78 is 1.24. The van der Waals surface area contributed by atoms with Crippen LogP contribution in [0.25, 0.3) is 0 Å². The molecule has 7 heteroatoms. The Balaban J connectivity index is 2.54. The predicted molar refractivity (Wildman–Crippen MR) is 60.5 cm³/mol. The Morgan fingerprint density at radius 3 is 2.33 bits per heavy atom. The second-order valence-corrected chi connectivity index (χ2v) is 5.03. The van der Waals surface area contributed by atoms with Crippen molar-refractivity contribution in [1.29, 1.82) is 0 Å². The monoisotopic (exact) mass is 253 g/mol. The molecule has 18 heavy (non-hydrogen) atoms. The average Bonchev–Trinajstić information content (AvgIpc) is 2.59. The summed E-state index contributed by atoms with van der Waals surface area (Å²) in [4.78, 5) is 22.4. The molecule has 0 saturated heterocycles. The van der Waals surface area contributed by atoms with E-state index in [1.165, 1.54) is 18.5 Å². The van der Waals surface area contributed by atoms with Crippen molar-refractivity contribution in [3.8, 4) is 0 Å². The van der Waals surface area contributed by atoms with Gasteiger partial charge in [0.25, 0.3) is 0 Å². The van der Waals surface area contributed by atoms with E-state index in [-0.39, 0.29) is 11.6 Å². The van der Waals surface area contributed by atoms with Crippen molar-refractivity contribution in [3.05, 3.63) is 11.4 Å². The van der Waals surface area contributed by atoms with Crippen LogP contribution in [0.3, 0.4) is 0 Å². The van der Waals surface area contributed by atoms with E-state index in [9.17, 15) is 14.7 Å². The smallest absolute Gasteiger partial charge is 0.358 e. The lowest BCUT2D eigenvalue weighted by Gasteiger charge is -2.30. The summed E-state index contributed by atoms with van der Waals surface area (Å²) in [7, 11) is 0. The van der Waals surface area contributed by atoms with Crippen LogP contribution in [0.4, 0.5) is 0 Å². The Bertz CT molecular complexity index is 502. The number of aliphatic carboxylic acids is 1. The number of hydrogen-bond acceptors (Lipinski definition) is 4. The molecule has 0 bridgehead atoms. The second kappa shape index (κ2) is 4.08. The van der Waals surface area contributed by atoms with Gasteiger partial charge in [0.2, 0.25) is 0 Å². The highest BCUT2D eigenvalue weighted by Gasteiger charge is 2.39. The maximum atomic E-state index is 11.2. The van der Waals surface area contributed by atoms with Gasteiger partial charge in [-0.3, -0.25) is 0 Å². The maximum absolute atomic E-state index is 11.2. The fourth-order valence-electron chi connectivity index (χ4n) is 1.99. The van der Waals surface area contributed by atoms with Gasteiger partial charge in [-0.1, -0.05) is 11.6 Å². The Morgan fingerprint density at radius 2 is 1.94 bits per heavy atom. The Hall–Kier alpha value is -1.92. The van der Waals surface area contributed by atoms with E-state index < -0.39 is 17.5 Å². The van der Waals surface area contributed by atoms with E-state index in [0.29, 0.717) is 5.69 Å². The summed E-state index contributed by atoms with van der Waals surface area (Å²) >= 11 is 0. The maximum Gasteiger partial charge on any atom is 0.358 e. The number of aromatic carboxylic acids is 1. The molecule has 2 rings (SSSR count). The van der Waals surface area contributed by atoms with Gasteiger partial charge in [0, 0.05) is 5.92 Å². The first-order valence-corrected chi connectivity index (χ1v) is 5.78. The first-order chi connectivity index (χ1) is 8.35. The molecule has 0 aliphatic heterocycles. The highest BCUT2D eigenvalue weighted by Crippen LogP contribution is 2.39. The minimum absolute atomic E-state index is 0.0460. The van der Waals surface area contributed by atoms with Gasteiger partial charge in [-0.2, -0.15) is 0 Å². The van der Waals surface area contributed by atoms with Crippen LogP contribution < -0.4 is 0 Å². The first kappa shape index (κ1) is 12.5. The summed E-state index contributed by atoms with van der Waals surface area (Å²) in [5, 5.41) is 25.6. The number of carbonyl (C=O) groups is 2. The summed E-state index contributed by atoms with van der Waals surface area (Å²) in [6.45, 7) is 2.97. The van der Waals surface area contributed by atoms with Gasteiger partial charge in [0.05, 0.1) is 5.69 Å². The highest BCUT2D eigenvalue weighted by molar-refractivity contribution is 5.87. The third kappa shape index (κ3) is 1.75. The van der Waals surface area contributed by atoms with Crippen LogP contribution in [0.15, 0.2) is 0 Å². The van der Waals surface area contributed by atoms with Crippen molar-refractivity contribution >= 4 is 11.9 Å². The molecule has 1 fully saturated rings. The molecule has 2 N–H and O–H groups in total. The van der Waals surface area contributed by atoms with Gasteiger partial charge in [0.15, 0.2) is 11.2 Å². The van der Waals surface area contributed by atoms with Crippen LogP contribution in [0.5, 0.6) is 0 Å². The summed E-state index contributed by atoms with van der Waals surface area (Å²) in [5.41, 5.74) is -0.999. The van der Waals surface area contributed by atoms with Gasteiger partial charge in [-0.15, -0.1) is 5.10 Å². The zero-order valence-electron chi connectivity index (χ0n) is 10.3. The first-order valence-electron chi connectivity index (χ1n) is 5.78. The Morgan fingerprint density at radius 1 is 1.33 bits per heavy atom. The van der Waals surface area contributed by atoms with E-state index in [2.05, 4.69) is 10.3 Å². The zero-order valence-corrected chi connectivity index (χ0v) is 10.3. The number of carboxylic acid groups (broad SMARTS) is 2. The topological polar surface area (TPSA) is 105 Å². The number of hydrogen-bond donors (Lipinski definition) is 2. The molecule has 1 aromatic heterocycles. The largest absolute Gasteiger partial charge is 0.479 e. The lowest BCUT2D eigenvalue weighted by Crippen LogP contribution is -2.39. The molecule has 0 radical (unpaired) electrons. The van der Waals surface area contributed by atoms with Crippen LogP contribution in [0.1, 0.15) is 55.2 Å². The van der Waals surface area contributed by atoms with Crippen LogP contribution >= 0.6 is 0 Å². The molecule has 1 aliphatic carbocycles. The zero-order chi connectivity index (χ0) is 13.5. The highest BCUT2D eigenvalue weighted by atomic mass is 16.4. The van der Waals surface area contributed by atoms with Crippen molar-refractivity contribution in [1.82, 2.24) is 15.0 Å². The van der Waals surface area contributed by atoms with Gasteiger partial charge in [-0.25, -0.2) is 14.3 Å². The number of carboxylic acids is 2. The molecule has 98 valence electrons. The number of rotatable bonds is 4. The van der Waals surface area contributed by atoms with E-state index in [0.717, 1.165) is 19.3 Å². The second-order valence-electron chi connectivity index (χ2n) is 5.03. The normalized spacial score (nSPS) is 16.3. The van der Waals surface area contributed by atoms with Crippen molar-refractivity contribution in [3.63, 3.8) is 0 Å². The van der Waals surface area contributed by atoms with Crippen molar-refractivity contribution in [2.75, 3.05) is 0 Å². The fourth-order valence-corrected chi connectivity index (χ4v) is 1.99. The lowest BCUT2D eigenvalue weighted by atomic mass is 9.81. The minimum atomic E-state index is -1.30. The summed E-state index contributed by atoms with van der Waals surface area (Å²) in [6, 6.07) is 0. The summed E-state index contributed by atoms with van der Waals surface area (Å²) in [6.07, 6.45) is 2.72. The van der Waals surface area contributed by atoms with Gasteiger partial charge in [-0.05, 0) is 26.7 Å². The molecule has 7 nitrogen and oxygen atoms in total. The van der Waals surface area contributed by atoms with Crippen LogP contribution in [0.2, 0.25) is 0 Å². The molecule has 0 unspecified atom stereocenters. The van der Waals surface area contributed by atoms with Crippen LogP contribution in [-0.2, 0) is 10.3 Å². The molecule has 0 spiro atoms. The molecule has 1 aliphatic rings. The third-order valence-corrected chi connectivity index (χ3v) is 3.45. The van der Waals surface area contributed by atoms with Gasteiger partial charge < -0.3 is 10.2 Å². The molecule has 0 aromatic carbocycles. The van der Waals surface area contributed by atoms with E-state index >= 15 is 0 Å². The number of aromatic nitrogens is 3. The fraction of sp³-hybridized carbons (Fsp3) is 0.636. The SMILES string of the molecule is CC(C)(C(=O)O)n1nnc(C(=O)O)c1C1CCC1. The third-order valence-electron chi connectivity index (χ3n) is 3.45. The molecular weight excluding hydrogens is 238 g/mol. The lowest BCUT2D eigenvalue weighted by molar-refractivity contribution is -0.146. The quantitative estimate of drug-likeness (QED) is 0.831. The molecule has 1 aromatic rings. The van der Waals surface area contributed by atoms with Gasteiger partial charge in [0.1, 0.15) is 0 Å². The predicted octanol–water partition coefficient (Wildman–Crippen LogP) is 1.06. The standard InChI is InChI=1S/C11H15N3O4/c1-11(2,10(17)18)14-8(6-4-3-5-6)7(9(15)16)12-13-14/h6H,3-5H2,1-2H3,(H,15,16)(H,17,18). The van der Waals surface area contributed by atoms with Crippen molar-refractivity contribution < 1.29 is 19.8 Å². The van der Waals surface area contributed by atoms with E-state index in [4.69, 9.17) is 5.11 Å². The van der Waals surface area contributed by atoms with Crippen molar-refractivity contribution in [2.24, 2.45) is 0 Å². The Labute approximate surface area is 103 Å². The number of nitrogens with zero attached hydrogens (tertiary/aromatic N) is 3. The van der Waals surface area contributed by atoms with Gasteiger partial charge >= 0.3 is 11.9 Å². The Kier molecular flexibility index (Phi) is 2.84. The molecule has 0 atom stereocenters. The molecule has 1 saturated carbocycles. The molecular formula is C11H15N3O4. The van der Waals surface area contributed by atoms with E-state index in [1.807, 2.05) is 0 Å². The van der Waals surface area contributed by atoms with Crippen LogP contribution in [-0.4, -0.2) is 37.1 Å². The van der Waals surface area contributed by atoms with Crippen molar-refractivity contribution in [2.45, 2.75) is 44.6 Å². The summed E-state index contributed by atoms with van der Waals surface area (Å²) in [5.74, 6) is -2.18. The molecule has 1 heterocycles.